The van der Waals surface area contributed by atoms with Crippen molar-refractivity contribution in [2.75, 3.05) is 38.3 Å². The predicted octanol–water partition coefficient (Wildman–Crippen LogP) is 1.35. The van der Waals surface area contributed by atoms with E-state index in [-0.39, 0.29) is 43.3 Å². The van der Waals surface area contributed by atoms with Crippen LogP contribution < -0.4 is 21.7 Å². The highest BCUT2D eigenvalue weighted by molar-refractivity contribution is 5.98. The number of anilines is 1. The molecule has 208 valence electrons. The molecule has 0 bridgehead atoms. The lowest BCUT2D eigenvalue weighted by Gasteiger charge is -2.24. The summed E-state index contributed by atoms with van der Waals surface area (Å²) in [7, 11) is 0. The Hall–Kier alpha value is -3.02. The Morgan fingerprint density at radius 3 is 2.03 bits per heavy atom. The van der Waals surface area contributed by atoms with Crippen LogP contribution in [0, 0.1) is 11.8 Å². The van der Waals surface area contributed by atoms with Crippen molar-refractivity contribution in [3.63, 3.8) is 0 Å². The first kappa shape index (κ1) is 32.0. The number of carbonyl (C=O) groups excluding carboxylic acids is 4. The monoisotopic (exact) mass is 522 g/mol. The Balaban J connectivity index is 2.49. The average molecular weight is 523 g/mol. The van der Waals surface area contributed by atoms with E-state index < -0.39 is 23.9 Å². The van der Waals surface area contributed by atoms with Crippen LogP contribution in [-0.2, 0) is 40.0 Å². The van der Waals surface area contributed by atoms with E-state index in [1.165, 1.54) is 0 Å². The average Bonchev–Trinajstić information content (AvgIpc) is 2.85. The van der Waals surface area contributed by atoms with Crippen LogP contribution in [0.5, 0.6) is 0 Å². The van der Waals surface area contributed by atoms with Gasteiger partial charge in [0.1, 0.15) is 18.7 Å². The van der Waals surface area contributed by atoms with Gasteiger partial charge in [0, 0.05) is 18.7 Å². The lowest BCUT2D eigenvalue weighted by Crippen LogP contribution is -2.53. The number of nitrogens with two attached hydrogens (primary N) is 1. The second-order valence-electron chi connectivity index (χ2n) is 9.23. The molecular formula is C26H42N4O7. The van der Waals surface area contributed by atoms with E-state index in [0.29, 0.717) is 32.1 Å². The molecule has 0 aromatic heterocycles. The molecule has 0 aliphatic rings. The molecule has 5 N–H and O–H groups in total. The van der Waals surface area contributed by atoms with E-state index in [9.17, 15) is 19.2 Å². The van der Waals surface area contributed by atoms with E-state index in [0.717, 1.165) is 5.56 Å². The minimum atomic E-state index is -0.839. The number of hydrogen-bond acceptors (Lipinski definition) is 8. The number of nitrogens with one attached hydrogen (secondary N) is 3. The van der Waals surface area contributed by atoms with Crippen LogP contribution in [0.3, 0.4) is 0 Å². The number of hydrogen-bond donors (Lipinski definition) is 4. The number of amides is 3. The highest BCUT2D eigenvalue weighted by Gasteiger charge is 2.27. The number of ether oxygens (including phenoxy) is 3. The summed E-state index contributed by atoms with van der Waals surface area (Å²) in [4.78, 5) is 49.2. The number of carbonyl (C=O) groups is 4. The van der Waals surface area contributed by atoms with Crippen LogP contribution in [0.15, 0.2) is 24.3 Å². The third-order valence-corrected chi connectivity index (χ3v) is 5.20. The Labute approximate surface area is 219 Å². The van der Waals surface area contributed by atoms with Gasteiger partial charge in [-0.3, -0.25) is 19.2 Å². The standard InChI is InChI=1S/C26H42N4O7/c1-17(2)23(30-22(31)10-12-35-14-15-36-13-11-27)25(33)28-19(5)24(32)29-21-8-6-20(7-9-21)16-37-26(34)18(3)4/h6-9,17-19,23H,10-16,27H2,1-5H3,(H,28,33)(H,29,32)(H,30,31)/t19-,23-/m0/s1. The van der Waals surface area contributed by atoms with Crippen LogP contribution in [0.2, 0.25) is 0 Å². The first-order valence-electron chi connectivity index (χ1n) is 12.6. The molecule has 11 nitrogen and oxygen atoms in total. The van der Waals surface area contributed by atoms with Crippen LogP contribution in [0.4, 0.5) is 5.69 Å². The van der Waals surface area contributed by atoms with Gasteiger partial charge in [-0.25, -0.2) is 0 Å². The van der Waals surface area contributed by atoms with Gasteiger partial charge in [0.05, 0.1) is 32.3 Å². The van der Waals surface area contributed by atoms with E-state index in [1.807, 2.05) is 0 Å². The molecule has 0 aliphatic heterocycles. The zero-order chi connectivity index (χ0) is 27.8. The summed E-state index contributed by atoms with van der Waals surface area (Å²) in [5.74, 6) is -1.87. The summed E-state index contributed by atoms with van der Waals surface area (Å²) in [6.07, 6.45) is 0.0933. The maximum Gasteiger partial charge on any atom is 0.308 e. The van der Waals surface area contributed by atoms with E-state index in [1.54, 1.807) is 58.9 Å². The fourth-order valence-corrected chi connectivity index (χ4v) is 2.98. The van der Waals surface area contributed by atoms with Crippen molar-refractivity contribution < 1.29 is 33.4 Å². The van der Waals surface area contributed by atoms with Gasteiger partial charge >= 0.3 is 5.97 Å². The van der Waals surface area contributed by atoms with Crippen molar-refractivity contribution >= 4 is 29.4 Å². The normalized spacial score (nSPS) is 12.6. The maximum absolute atomic E-state index is 12.8. The fourth-order valence-electron chi connectivity index (χ4n) is 2.98. The topological polar surface area (TPSA) is 158 Å². The summed E-state index contributed by atoms with van der Waals surface area (Å²) in [5, 5.41) is 8.10. The van der Waals surface area contributed by atoms with Gasteiger partial charge in [0.2, 0.25) is 17.7 Å². The predicted molar refractivity (Wildman–Crippen MR) is 139 cm³/mol. The van der Waals surface area contributed by atoms with Gasteiger partial charge in [-0.2, -0.15) is 0 Å². The highest BCUT2D eigenvalue weighted by atomic mass is 16.5. The molecule has 0 fully saturated rings. The first-order valence-corrected chi connectivity index (χ1v) is 12.6. The Bertz CT molecular complexity index is 859. The molecule has 2 atom stereocenters. The van der Waals surface area contributed by atoms with Gasteiger partial charge in [-0.1, -0.05) is 39.8 Å². The van der Waals surface area contributed by atoms with E-state index >= 15 is 0 Å². The largest absolute Gasteiger partial charge is 0.461 e. The third kappa shape index (κ3) is 13.2. The first-order chi connectivity index (χ1) is 17.5. The summed E-state index contributed by atoms with van der Waals surface area (Å²) in [5.41, 5.74) is 6.65. The number of benzene rings is 1. The lowest BCUT2D eigenvalue weighted by molar-refractivity contribution is -0.148. The zero-order valence-electron chi connectivity index (χ0n) is 22.5. The van der Waals surface area contributed by atoms with Crippen molar-refractivity contribution in [1.82, 2.24) is 10.6 Å². The number of esters is 1. The van der Waals surface area contributed by atoms with Crippen molar-refractivity contribution in [2.45, 2.75) is 59.7 Å². The summed E-state index contributed by atoms with van der Waals surface area (Å²) in [6, 6.07) is 5.22. The molecule has 0 heterocycles. The van der Waals surface area contributed by atoms with Crippen LogP contribution >= 0.6 is 0 Å². The zero-order valence-corrected chi connectivity index (χ0v) is 22.5. The summed E-state index contributed by atoms with van der Waals surface area (Å²) >= 11 is 0. The Morgan fingerprint density at radius 1 is 0.838 bits per heavy atom. The van der Waals surface area contributed by atoms with Gasteiger partial charge in [0.25, 0.3) is 0 Å². The molecule has 3 amide bonds. The van der Waals surface area contributed by atoms with Crippen LogP contribution in [-0.4, -0.2) is 68.7 Å². The van der Waals surface area contributed by atoms with E-state index in [2.05, 4.69) is 16.0 Å². The smallest absolute Gasteiger partial charge is 0.308 e. The van der Waals surface area contributed by atoms with E-state index in [4.69, 9.17) is 19.9 Å². The van der Waals surface area contributed by atoms with Crippen LogP contribution in [0.25, 0.3) is 0 Å². The number of rotatable bonds is 17. The van der Waals surface area contributed by atoms with Gasteiger partial charge < -0.3 is 35.9 Å². The SMILES string of the molecule is CC(C)C(=O)OCc1ccc(NC(=O)[C@H](C)NC(=O)[C@@H](NC(=O)CCOCCOCCN)C(C)C)cc1. The molecule has 11 heteroatoms. The van der Waals surface area contributed by atoms with Crippen molar-refractivity contribution in [1.29, 1.82) is 0 Å². The molecule has 1 aromatic carbocycles. The summed E-state index contributed by atoms with van der Waals surface area (Å²) in [6.45, 7) is 10.7. The molecule has 0 saturated heterocycles. The third-order valence-electron chi connectivity index (χ3n) is 5.20. The molecule has 0 radical (unpaired) electrons. The molecule has 1 aromatic rings. The van der Waals surface area contributed by atoms with Gasteiger partial charge in [-0.05, 0) is 30.5 Å². The highest BCUT2D eigenvalue weighted by Crippen LogP contribution is 2.12. The second kappa shape index (κ2) is 17.4. The molecule has 1 rings (SSSR count). The maximum atomic E-state index is 12.8. The van der Waals surface area contributed by atoms with Crippen molar-refractivity contribution in [3.05, 3.63) is 29.8 Å². The van der Waals surface area contributed by atoms with Crippen molar-refractivity contribution in [3.8, 4) is 0 Å². The molecule has 0 saturated carbocycles. The van der Waals surface area contributed by atoms with Crippen molar-refractivity contribution in [2.24, 2.45) is 17.6 Å². The fraction of sp³-hybridized carbons (Fsp3) is 0.615. The Kier molecular flexibility index (Phi) is 15.1. The molecule has 0 aliphatic carbocycles. The quantitative estimate of drug-likeness (QED) is 0.176. The summed E-state index contributed by atoms with van der Waals surface area (Å²) < 4.78 is 15.7. The lowest BCUT2D eigenvalue weighted by atomic mass is 10.0. The molecule has 37 heavy (non-hydrogen) atoms. The van der Waals surface area contributed by atoms with Gasteiger partial charge in [-0.15, -0.1) is 0 Å². The van der Waals surface area contributed by atoms with Gasteiger partial charge in [0.15, 0.2) is 0 Å². The minimum Gasteiger partial charge on any atom is -0.461 e. The molecule has 0 unspecified atom stereocenters. The van der Waals surface area contributed by atoms with Crippen LogP contribution in [0.1, 0.15) is 46.6 Å². The molecule has 0 spiro atoms. The minimum absolute atomic E-state index is 0.0933. The molecular weight excluding hydrogens is 480 g/mol. The Morgan fingerprint density at radius 2 is 1.46 bits per heavy atom. The second-order valence-corrected chi connectivity index (χ2v) is 9.23.